The highest BCUT2D eigenvalue weighted by Gasteiger charge is 2.22. The van der Waals surface area contributed by atoms with Crippen molar-refractivity contribution in [3.8, 4) is 0 Å². The quantitative estimate of drug-likeness (QED) is 0.678. The number of aliphatic carboxylic acids is 1. The van der Waals surface area contributed by atoms with Crippen molar-refractivity contribution in [2.45, 2.75) is 18.9 Å². The third-order valence-corrected chi connectivity index (χ3v) is 4.16. The summed E-state index contributed by atoms with van der Waals surface area (Å²) in [5.41, 5.74) is 0.905. The Balaban J connectivity index is 2.04. The van der Waals surface area contributed by atoms with Crippen molar-refractivity contribution < 1.29 is 19.5 Å². The molecular weight excluding hydrogens is 328 g/mol. The highest BCUT2D eigenvalue weighted by Crippen LogP contribution is 2.10. The standard InChI is InChI=1S/C17H18N2O4S/c20-15(21)8-9-18-16(22)13(11-12-5-2-1-3-6-12)19-17(23)14-7-4-10-24-14/h1-7,10,13H,8-9,11H2,(H,18,22)(H,19,23)(H,20,21)/t13-/m1/s1. The lowest BCUT2D eigenvalue weighted by Crippen LogP contribution is -2.48. The molecule has 0 spiro atoms. The molecule has 126 valence electrons. The van der Waals surface area contributed by atoms with Crippen LogP contribution >= 0.6 is 11.3 Å². The van der Waals surface area contributed by atoms with Crippen molar-refractivity contribution in [1.29, 1.82) is 0 Å². The van der Waals surface area contributed by atoms with E-state index in [4.69, 9.17) is 5.11 Å². The molecule has 0 bridgehead atoms. The van der Waals surface area contributed by atoms with E-state index >= 15 is 0 Å². The first-order valence-corrected chi connectivity index (χ1v) is 8.32. The van der Waals surface area contributed by atoms with Gasteiger partial charge in [-0.1, -0.05) is 36.4 Å². The van der Waals surface area contributed by atoms with Crippen LogP contribution in [-0.2, 0) is 16.0 Å². The molecule has 1 aromatic heterocycles. The zero-order chi connectivity index (χ0) is 17.4. The molecule has 0 aliphatic heterocycles. The first kappa shape index (κ1) is 17.7. The summed E-state index contributed by atoms with van der Waals surface area (Å²) < 4.78 is 0. The lowest BCUT2D eigenvalue weighted by Gasteiger charge is -2.18. The molecule has 1 aromatic carbocycles. The van der Waals surface area contributed by atoms with Gasteiger partial charge in [0.1, 0.15) is 6.04 Å². The molecule has 2 aromatic rings. The molecule has 6 nitrogen and oxygen atoms in total. The molecule has 0 aliphatic carbocycles. The third kappa shape index (κ3) is 5.51. The predicted molar refractivity (Wildman–Crippen MR) is 91.0 cm³/mol. The highest BCUT2D eigenvalue weighted by molar-refractivity contribution is 7.12. The van der Waals surface area contributed by atoms with Gasteiger partial charge in [0, 0.05) is 13.0 Å². The van der Waals surface area contributed by atoms with Gasteiger partial charge in [0.05, 0.1) is 11.3 Å². The van der Waals surface area contributed by atoms with Crippen LogP contribution in [0.5, 0.6) is 0 Å². The first-order valence-electron chi connectivity index (χ1n) is 7.44. The number of amides is 2. The zero-order valence-electron chi connectivity index (χ0n) is 12.9. The fourth-order valence-electron chi connectivity index (χ4n) is 2.11. The van der Waals surface area contributed by atoms with Gasteiger partial charge in [0.2, 0.25) is 5.91 Å². The van der Waals surface area contributed by atoms with E-state index in [9.17, 15) is 14.4 Å². The SMILES string of the molecule is O=C(O)CCNC(=O)[C@@H](Cc1ccccc1)NC(=O)c1cccs1. The zero-order valence-corrected chi connectivity index (χ0v) is 13.7. The minimum Gasteiger partial charge on any atom is -0.481 e. The van der Waals surface area contributed by atoms with Crippen LogP contribution in [0, 0.1) is 0 Å². The second-order valence-corrected chi connectivity index (χ2v) is 6.08. The first-order chi connectivity index (χ1) is 11.6. The molecule has 2 amide bonds. The van der Waals surface area contributed by atoms with Crippen LogP contribution < -0.4 is 10.6 Å². The largest absolute Gasteiger partial charge is 0.481 e. The van der Waals surface area contributed by atoms with Crippen molar-refractivity contribution in [1.82, 2.24) is 10.6 Å². The second kappa shape index (κ2) is 8.83. The molecule has 2 rings (SSSR count). The van der Waals surface area contributed by atoms with E-state index in [1.165, 1.54) is 11.3 Å². The number of carbonyl (C=O) groups excluding carboxylic acids is 2. The molecule has 1 heterocycles. The molecule has 0 unspecified atom stereocenters. The monoisotopic (exact) mass is 346 g/mol. The Labute approximate surface area is 143 Å². The molecule has 0 radical (unpaired) electrons. The summed E-state index contributed by atoms with van der Waals surface area (Å²) in [5, 5.41) is 15.7. The van der Waals surface area contributed by atoms with Gasteiger partial charge in [0.15, 0.2) is 0 Å². The van der Waals surface area contributed by atoms with E-state index in [0.29, 0.717) is 11.3 Å². The van der Waals surface area contributed by atoms with Gasteiger partial charge in [-0.05, 0) is 17.0 Å². The van der Waals surface area contributed by atoms with Crippen LogP contribution in [0.2, 0.25) is 0 Å². The fourth-order valence-corrected chi connectivity index (χ4v) is 2.74. The maximum atomic E-state index is 12.3. The van der Waals surface area contributed by atoms with E-state index in [0.717, 1.165) is 5.56 Å². The maximum Gasteiger partial charge on any atom is 0.305 e. The Morgan fingerprint density at radius 2 is 1.83 bits per heavy atom. The van der Waals surface area contributed by atoms with Crippen molar-refractivity contribution >= 4 is 29.1 Å². The molecule has 0 saturated carbocycles. The summed E-state index contributed by atoms with van der Waals surface area (Å²) in [6, 6.07) is 12.0. The molecule has 0 fully saturated rings. The second-order valence-electron chi connectivity index (χ2n) is 5.13. The van der Waals surface area contributed by atoms with E-state index in [1.807, 2.05) is 30.3 Å². The van der Waals surface area contributed by atoms with Crippen LogP contribution in [0.25, 0.3) is 0 Å². The summed E-state index contributed by atoms with van der Waals surface area (Å²) in [4.78, 5) is 35.6. The Morgan fingerprint density at radius 1 is 1.08 bits per heavy atom. The van der Waals surface area contributed by atoms with Gasteiger partial charge < -0.3 is 15.7 Å². The van der Waals surface area contributed by atoms with Crippen LogP contribution in [-0.4, -0.2) is 35.5 Å². The summed E-state index contributed by atoms with van der Waals surface area (Å²) in [6.07, 6.45) is 0.166. The van der Waals surface area contributed by atoms with E-state index in [2.05, 4.69) is 10.6 Å². The van der Waals surface area contributed by atoms with Gasteiger partial charge in [-0.25, -0.2) is 0 Å². The Morgan fingerprint density at radius 3 is 2.46 bits per heavy atom. The number of thiophene rings is 1. The average molecular weight is 346 g/mol. The third-order valence-electron chi connectivity index (χ3n) is 3.29. The Kier molecular flexibility index (Phi) is 6.51. The van der Waals surface area contributed by atoms with Crippen LogP contribution in [0.3, 0.4) is 0 Å². The predicted octanol–water partition coefficient (Wildman–Crippen LogP) is 1.68. The van der Waals surface area contributed by atoms with Gasteiger partial charge in [-0.15, -0.1) is 11.3 Å². The van der Waals surface area contributed by atoms with Crippen molar-refractivity contribution in [3.05, 3.63) is 58.3 Å². The number of benzene rings is 1. The van der Waals surface area contributed by atoms with E-state index in [1.54, 1.807) is 17.5 Å². The normalized spacial score (nSPS) is 11.5. The molecule has 3 N–H and O–H groups in total. The molecular formula is C17H18N2O4S. The minimum atomic E-state index is -0.988. The van der Waals surface area contributed by atoms with Crippen LogP contribution in [0.15, 0.2) is 47.8 Å². The maximum absolute atomic E-state index is 12.3. The van der Waals surface area contributed by atoms with E-state index in [-0.39, 0.29) is 18.9 Å². The van der Waals surface area contributed by atoms with Crippen molar-refractivity contribution in [2.75, 3.05) is 6.54 Å². The number of hydrogen-bond donors (Lipinski definition) is 3. The Hall–Kier alpha value is -2.67. The molecule has 0 saturated heterocycles. The summed E-state index contributed by atoms with van der Waals surface area (Å²) in [5.74, 6) is -1.71. The number of carboxylic acids is 1. The topological polar surface area (TPSA) is 95.5 Å². The smallest absolute Gasteiger partial charge is 0.305 e. The van der Waals surface area contributed by atoms with Gasteiger partial charge in [-0.3, -0.25) is 14.4 Å². The van der Waals surface area contributed by atoms with Gasteiger partial charge in [-0.2, -0.15) is 0 Å². The number of hydrogen-bond acceptors (Lipinski definition) is 4. The molecule has 0 aliphatic rings. The lowest BCUT2D eigenvalue weighted by molar-refractivity contribution is -0.137. The lowest BCUT2D eigenvalue weighted by atomic mass is 10.1. The van der Waals surface area contributed by atoms with Gasteiger partial charge >= 0.3 is 5.97 Å². The average Bonchev–Trinajstić information content (AvgIpc) is 3.09. The van der Waals surface area contributed by atoms with Crippen molar-refractivity contribution in [2.24, 2.45) is 0 Å². The number of rotatable bonds is 8. The number of nitrogens with one attached hydrogen (secondary N) is 2. The molecule has 24 heavy (non-hydrogen) atoms. The van der Waals surface area contributed by atoms with E-state index < -0.39 is 17.9 Å². The van der Waals surface area contributed by atoms with Crippen LogP contribution in [0.4, 0.5) is 0 Å². The summed E-state index contributed by atoms with van der Waals surface area (Å²) in [7, 11) is 0. The number of carbonyl (C=O) groups is 3. The minimum absolute atomic E-state index is 0.0222. The highest BCUT2D eigenvalue weighted by atomic mass is 32.1. The summed E-state index contributed by atoms with van der Waals surface area (Å²) >= 11 is 1.29. The summed E-state index contributed by atoms with van der Waals surface area (Å²) in [6.45, 7) is 0.0222. The molecule has 1 atom stereocenters. The fraction of sp³-hybridized carbons (Fsp3) is 0.235. The van der Waals surface area contributed by atoms with Crippen molar-refractivity contribution in [3.63, 3.8) is 0 Å². The number of carboxylic acid groups (broad SMARTS) is 1. The Bertz CT molecular complexity index is 686. The van der Waals surface area contributed by atoms with Gasteiger partial charge in [0.25, 0.3) is 5.91 Å². The van der Waals surface area contributed by atoms with Crippen LogP contribution in [0.1, 0.15) is 21.7 Å². The molecule has 7 heteroatoms.